The van der Waals surface area contributed by atoms with E-state index in [1.54, 1.807) is 37.5 Å². The molecule has 0 bridgehead atoms. The molecule has 4 rings (SSSR count). The predicted molar refractivity (Wildman–Crippen MR) is 146 cm³/mol. The molecule has 1 N–H and O–H groups in total. The number of methoxy groups -OCH3 is 1. The van der Waals surface area contributed by atoms with Crippen LogP contribution >= 0.6 is 11.8 Å². The van der Waals surface area contributed by atoms with Gasteiger partial charge in [-0.2, -0.15) is 0 Å². The Labute approximate surface area is 216 Å². The fourth-order valence-electron chi connectivity index (χ4n) is 5.20. The second-order valence-electron chi connectivity index (χ2n) is 9.97. The summed E-state index contributed by atoms with van der Waals surface area (Å²) >= 11 is 0.873. The van der Waals surface area contributed by atoms with Crippen molar-refractivity contribution in [2.75, 3.05) is 30.4 Å². The topological polar surface area (TPSA) is 79.0 Å². The molecule has 0 saturated carbocycles. The van der Waals surface area contributed by atoms with Crippen LogP contribution in [-0.4, -0.2) is 47.7 Å². The maximum absolute atomic E-state index is 13.1. The molecular weight excluding hydrogens is 474 g/mol. The molecular formula is C28H33N3O4S. The largest absolute Gasteiger partial charge is 0.497 e. The van der Waals surface area contributed by atoms with Crippen LogP contribution in [0.5, 0.6) is 5.75 Å². The standard InChI is InChI=1S/C28H33N3O4S/c1-7-31-23-12-17(2)19(13-22(23)18(3)15-28(31,4)5)14-24-26(33)30(27(34)36-24)16-25(32)29-20-8-10-21(35-6)11-9-20/h8-14,18H,7,15-16H2,1-6H3,(H,29,32)/b24-14+. The van der Waals surface area contributed by atoms with Crippen molar-refractivity contribution in [1.29, 1.82) is 0 Å². The molecule has 3 amide bonds. The Kier molecular flexibility index (Phi) is 7.18. The fourth-order valence-corrected chi connectivity index (χ4v) is 6.03. The Hall–Kier alpha value is -3.26. The van der Waals surface area contributed by atoms with Crippen molar-refractivity contribution in [3.63, 3.8) is 0 Å². The smallest absolute Gasteiger partial charge is 0.294 e. The molecule has 1 unspecified atom stereocenters. The van der Waals surface area contributed by atoms with E-state index < -0.39 is 17.1 Å². The van der Waals surface area contributed by atoms with Crippen LogP contribution in [0.15, 0.2) is 41.3 Å². The average molecular weight is 508 g/mol. The van der Waals surface area contributed by atoms with E-state index in [1.807, 2.05) is 6.92 Å². The van der Waals surface area contributed by atoms with Gasteiger partial charge in [-0.3, -0.25) is 19.3 Å². The highest BCUT2D eigenvalue weighted by molar-refractivity contribution is 8.18. The number of carbonyl (C=O) groups is 3. The molecule has 0 radical (unpaired) electrons. The Bertz CT molecular complexity index is 1240. The molecule has 2 aromatic carbocycles. The molecule has 7 nitrogen and oxygen atoms in total. The molecule has 1 fully saturated rings. The van der Waals surface area contributed by atoms with E-state index >= 15 is 0 Å². The maximum Gasteiger partial charge on any atom is 0.294 e. The number of carbonyl (C=O) groups excluding carboxylic acids is 3. The van der Waals surface area contributed by atoms with Gasteiger partial charge < -0.3 is 15.0 Å². The van der Waals surface area contributed by atoms with Gasteiger partial charge in [-0.05, 0) is 111 Å². The average Bonchev–Trinajstić information content (AvgIpc) is 3.07. The zero-order valence-corrected chi connectivity index (χ0v) is 22.5. The van der Waals surface area contributed by atoms with Crippen molar-refractivity contribution >= 4 is 46.3 Å². The monoisotopic (exact) mass is 507 g/mol. The van der Waals surface area contributed by atoms with E-state index in [0.29, 0.717) is 22.3 Å². The lowest BCUT2D eigenvalue weighted by Gasteiger charge is -2.47. The number of benzene rings is 2. The summed E-state index contributed by atoms with van der Waals surface area (Å²) in [7, 11) is 1.56. The number of imide groups is 1. The van der Waals surface area contributed by atoms with Gasteiger partial charge >= 0.3 is 0 Å². The summed E-state index contributed by atoms with van der Waals surface area (Å²) in [4.78, 5) is 41.9. The van der Waals surface area contributed by atoms with Gasteiger partial charge in [0.05, 0.1) is 12.0 Å². The predicted octanol–water partition coefficient (Wildman–Crippen LogP) is 5.79. The minimum atomic E-state index is -0.448. The number of fused-ring (bicyclic) bond motifs is 1. The van der Waals surface area contributed by atoms with Crippen LogP contribution in [0.2, 0.25) is 0 Å². The van der Waals surface area contributed by atoms with Gasteiger partial charge in [-0.1, -0.05) is 6.92 Å². The molecule has 1 atom stereocenters. The quantitative estimate of drug-likeness (QED) is 0.499. The second kappa shape index (κ2) is 10.0. The van der Waals surface area contributed by atoms with Crippen LogP contribution < -0.4 is 15.0 Å². The van der Waals surface area contributed by atoms with Crippen LogP contribution in [0, 0.1) is 6.92 Å². The highest BCUT2D eigenvalue weighted by Crippen LogP contribution is 2.45. The molecule has 0 aromatic heterocycles. The third kappa shape index (κ3) is 5.00. The zero-order valence-electron chi connectivity index (χ0n) is 21.7. The number of hydrogen-bond donors (Lipinski definition) is 1. The van der Waals surface area contributed by atoms with Crippen molar-refractivity contribution in [2.24, 2.45) is 0 Å². The summed E-state index contributed by atoms with van der Waals surface area (Å²) in [5, 5.41) is 2.27. The highest BCUT2D eigenvalue weighted by Gasteiger charge is 2.38. The first kappa shape index (κ1) is 25.8. The number of nitrogens with one attached hydrogen (secondary N) is 1. The molecule has 0 aliphatic carbocycles. The van der Waals surface area contributed by atoms with E-state index in [0.717, 1.165) is 40.8 Å². The Morgan fingerprint density at radius 2 is 1.92 bits per heavy atom. The Morgan fingerprint density at radius 1 is 1.22 bits per heavy atom. The molecule has 2 aliphatic heterocycles. The lowest BCUT2D eigenvalue weighted by Crippen LogP contribution is -2.48. The van der Waals surface area contributed by atoms with E-state index in [1.165, 1.54) is 11.3 Å². The minimum Gasteiger partial charge on any atom is -0.497 e. The van der Waals surface area contributed by atoms with E-state index in [4.69, 9.17) is 4.74 Å². The van der Waals surface area contributed by atoms with Crippen molar-refractivity contribution < 1.29 is 19.1 Å². The first-order valence-corrected chi connectivity index (χ1v) is 13.0. The summed E-state index contributed by atoms with van der Waals surface area (Å²) in [6.45, 7) is 11.6. The zero-order chi connectivity index (χ0) is 26.2. The van der Waals surface area contributed by atoms with Crippen molar-refractivity contribution in [3.8, 4) is 5.75 Å². The fraction of sp³-hybridized carbons (Fsp3) is 0.393. The first-order valence-electron chi connectivity index (χ1n) is 12.2. The Balaban J connectivity index is 1.53. The highest BCUT2D eigenvalue weighted by atomic mass is 32.2. The minimum absolute atomic E-state index is 0.0736. The van der Waals surface area contributed by atoms with Gasteiger partial charge in [-0.15, -0.1) is 0 Å². The summed E-state index contributed by atoms with van der Waals surface area (Å²) in [5.41, 5.74) is 5.09. The van der Waals surface area contributed by atoms with Crippen molar-refractivity contribution in [3.05, 3.63) is 58.0 Å². The summed E-state index contributed by atoms with van der Waals surface area (Å²) in [6, 6.07) is 11.2. The molecule has 36 heavy (non-hydrogen) atoms. The number of ether oxygens (including phenoxy) is 1. The summed E-state index contributed by atoms with van der Waals surface area (Å²) in [6.07, 6.45) is 2.82. The number of nitrogens with zero attached hydrogens (tertiary/aromatic N) is 2. The number of aryl methyl sites for hydroxylation is 1. The third-order valence-electron chi connectivity index (χ3n) is 6.93. The van der Waals surface area contributed by atoms with Gasteiger partial charge in [0.15, 0.2) is 0 Å². The van der Waals surface area contributed by atoms with Gasteiger partial charge in [0.25, 0.3) is 11.1 Å². The van der Waals surface area contributed by atoms with Gasteiger partial charge in [0.2, 0.25) is 5.91 Å². The van der Waals surface area contributed by atoms with Crippen LogP contribution in [0.1, 0.15) is 56.7 Å². The maximum atomic E-state index is 13.1. The van der Waals surface area contributed by atoms with E-state index in [-0.39, 0.29) is 12.1 Å². The van der Waals surface area contributed by atoms with E-state index in [9.17, 15) is 14.4 Å². The molecule has 8 heteroatoms. The van der Waals surface area contributed by atoms with Crippen LogP contribution in [0.3, 0.4) is 0 Å². The molecule has 0 spiro atoms. The number of thioether (sulfide) groups is 1. The number of rotatable bonds is 6. The van der Waals surface area contributed by atoms with Crippen LogP contribution in [-0.2, 0) is 9.59 Å². The summed E-state index contributed by atoms with van der Waals surface area (Å²) < 4.78 is 5.11. The lowest BCUT2D eigenvalue weighted by atomic mass is 9.79. The second-order valence-corrected chi connectivity index (χ2v) is 11.0. The van der Waals surface area contributed by atoms with Gasteiger partial charge in [-0.25, -0.2) is 0 Å². The SMILES string of the molecule is CCN1c2cc(C)c(/C=C3/SC(=O)N(CC(=O)Nc4ccc(OC)cc4)C3=O)cc2C(C)CC1(C)C. The van der Waals surface area contributed by atoms with E-state index in [2.05, 4.69) is 50.0 Å². The first-order chi connectivity index (χ1) is 17.0. The molecule has 2 aromatic rings. The number of hydrogen-bond acceptors (Lipinski definition) is 6. The molecule has 1 saturated heterocycles. The normalized spacial score (nSPS) is 20.1. The molecule has 2 heterocycles. The third-order valence-corrected chi connectivity index (χ3v) is 7.83. The number of anilines is 2. The van der Waals surface area contributed by atoms with Crippen LogP contribution in [0.4, 0.5) is 16.2 Å². The van der Waals surface area contributed by atoms with Gasteiger partial charge in [0.1, 0.15) is 12.3 Å². The van der Waals surface area contributed by atoms with Crippen molar-refractivity contribution in [2.45, 2.75) is 52.5 Å². The Morgan fingerprint density at radius 3 is 2.56 bits per heavy atom. The van der Waals surface area contributed by atoms with Gasteiger partial charge in [0, 0.05) is 23.5 Å². The lowest BCUT2D eigenvalue weighted by molar-refractivity contribution is -0.127. The summed E-state index contributed by atoms with van der Waals surface area (Å²) in [5.74, 6) is 0.158. The van der Waals surface area contributed by atoms with Crippen LogP contribution in [0.25, 0.3) is 6.08 Å². The van der Waals surface area contributed by atoms with Crippen molar-refractivity contribution in [1.82, 2.24) is 4.90 Å². The molecule has 2 aliphatic rings. The molecule has 190 valence electrons. The number of amides is 3.